The lowest BCUT2D eigenvalue weighted by Gasteiger charge is -2.37. The quantitative estimate of drug-likeness (QED) is 0.851. The van der Waals surface area contributed by atoms with Crippen LogP contribution in [0.25, 0.3) is 0 Å². The third-order valence-corrected chi connectivity index (χ3v) is 7.13. The molecular weight excluding hydrogens is 318 g/mol. The predicted molar refractivity (Wildman–Crippen MR) is 90.0 cm³/mol. The van der Waals surface area contributed by atoms with Gasteiger partial charge in [0.15, 0.2) is 9.84 Å². The number of hydrogen-bond acceptors (Lipinski definition) is 5. The van der Waals surface area contributed by atoms with E-state index in [1.165, 1.54) is 10.5 Å². The molecule has 2 atom stereocenters. The molecule has 2 heterocycles. The Kier molecular flexibility index (Phi) is 4.83. The predicted octanol–water partition coefficient (Wildman–Crippen LogP) is 2.23. The molecule has 6 heteroatoms. The molecule has 0 aromatic heterocycles. The van der Waals surface area contributed by atoms with Crippen molar-refractivity contribution >= 4 is 21.6 Å². The van der Waals surface area contributed by atoms with Crippen LogP contribution in [0.4, 0.5) is 0 Å². The van der Waals surface area contributed by atoms with Gasteiger partial charge in [-0.25, -0.2) is 8.42 Å². The summed E-state index contributed by atoms with van der Waals surface area (Å²) < 4.78 is 29.3. The lowest BCUT2D eigenvalue weighted by Crippen LogP contribution is -2.47. The van der Waals surface area contributed by atoms with Crippen molar-refractivity contribution in [3.63, 3.8) is 0 Å². The minimum absolute atomic E-state index is 0.195. The first-order valence-electron chi connectivity index (χ1n) is 7.71. The maximum absolute atomic E-state index is 11.7. The summed E-state index contributed by atoms with van der Waals surface area (Å²) in [6.07, 6.45) is 4.47. The Morgan fingerprint density at radius 3 is 2.77 bits per heavy atom. The van der Waals surface area contributed by atoms with Crippen LogP contribution in [0.15, 0.2) is 29.2 Å². The molecule has 1 aromatic rings. The summed E-state index contributed by atoms with van der Waals surface area (Å²) in [5, 5.41) is 3.57. The van der Waals surface area contributed by atoms with Crippen LogP contribution in [0.5, 0.6) is 0 Å². The first-order chi connectivity index (χ1) is 10.5. The van der Waals surface area contributed by atoms with Gasteiger partial charge >= 0.3 is 0 Å². The summed E-state index contributed by atoms with van der Waals surface area (Å²) in [4.78, 5) is 1.27. The molecule has 122 valence electrons. The molecule has 0 saturated carbocycles. The molecule has 2 saturated heterocycles. The number of hydrogen-bond donors (Lipinski definition) is 1. The molecule has 1 spiro atoms. The van der Waals surface area contributed by atoms with Gasteiger partial charge in [0, 0.05) is 24.1 Å². The summed E-state index contributed by atoms with van der Waals surface area (Å²) in [5.74, 6) is 0.469. The standard InChI is InChI=1S/C16H23NO3S2/c1-21-15-4-2-13(3-5-15)11-17-14-6-8-20-16(10-14)7-9-22(18,19)12-16/h2-5,14,17H,6-12H2,1H3. The number of benzene rings is 1. The van der Waals surface area contributed by atoms with E-state index in [0.717, 1.165) is 19.4 Å². The molecule has 3 rings (SSSR count). The molecule has 2 aliphatic rings. The maximum Gasteiger partial charge on any atom is 0.153 e. The highest BCUT2D eigenvalue weighted by Gasteiger charge is 2.46. The van der Waals surface area contributed by atoms with E-state index in [0.29, 0.717) is 19.1 Å². The third kappa shape index (κ3) is 3.85. The molecule has 2 fully saturated rings. The maximum atomic E-state index is 11.7. The molecule has 22 heavy (non-hydrogen) atoms. The zero-order chi connectivity index (χ0) is 15.6. The van der Waals surface area contributed by atoms with Gasteiger partial charge in [-0.3, -0.25) is 0 Å². The Morgan fingerprint density at radius 1 is 1.36 bits per heavy atom. The largest absolute Gasteiger partial charge is 0.374 e. The monoisotopic (exact) mass is 341 g/mol. The van der Waals surface area contributed by atoms with Crippen LogP contribution in [0, 0.1) is 0 Å². The number of nitrogens with one attached hydrogen (secondary N) is 1. The SMILES string of the molecule is CSc1ccc(CNC2CCOC3(CCS(=O)(=O)C3)C2)cc1. The number of thioether (sulfide) groups is 1. The van der Waals surface area contributed by atoms with E-state index < -0.39 is 15.4 Å². The highest BCUT2D eigenvalue weighted by Crippen LogP contribution is 2.35. The van der Waals surface area contributed by atoms with Crippen LogP contribution in [0.1, 0.15) is 24.8 Å². The van der Waals surface area contributed by atoms with E-state index in [4.69, 9.17) is 4.74 Å². The topological polar surface area (TPSA) is 55.4 Å². The van der Waals surface area contributed by atoms with Gasteiger partial charge in [-0.05, 0) is 43.2 Å². The van der Waals surface area contributed by atoms with Gasteiger partial charge in [0.05, 0.1) is 17.1 Å². The van der Waals surface area contributed by atoms with E-state index in [2.05, 4.69) is 35.8 Å². The average molecular weight is 341 g/mol. The van der Waals surface area contributed by atoms with Crippen LogP contribution in [-0.4, -0.2) is 44.4 Å². The Labute approximate surface area is 136 Å². The molecule has 0 amide bonds. The smallest absolute Gasteiger partial charge is 0.153 e. The van der Waals surface area contributed by atoms with E-state index in [-0.39, 0.29) is 11.5 Å². The molecule has 0 radical (unpaired) electrons. The molecule has 1 N–H and O–H groups in total. The summed E-state index contributed by atoms with van der Waals surface area (Å²) in [6.45, 7) is 1.47. The molecule has 4 nitrogen and oxygen atoms in total. The van der Waals surface area contributed by atoms with Crippen LogP contribution in [0.3, 0.4) is 0 Å². The number of ether oxygens (including phenoxy) is 1. The fourth-order valence-corrected chi connectivity index (χ4v) is 5.75. The van der Waals surface area contributed by atoms with Gasteiger partial charge in [0.2, 0.25) is 0 Å². The van der Waals surface area contributed by atoms with Crippen LogP contribution >= 0.6 is 11.8 Å². The van der Waals surface area contributed by atoms with Crippen molar-refractivity contribution in [3.8, 4) is 0 Å². The highest BCUT2D eigenvalue weighted by molar-refractivity contribution is 7.98. The second kappa shape index (κ2) is 6.51. The summed E-state index contributed by atoms with van der Waals surface area (Å²) in [5.41, 5.74) is 0.828. The Bertz CT molecular complexity index is 615. The first-order valence-corrected chi connectivity index (χ1v) is 10.8. The summed E-state index contributed by atoms with van der Waals surface area (Å²) in [6, 6.07) is 8.90. The minimum Gasteiger partial charge on any atom is -0.374 e. The van der Waals surface area contributed by atoms with Gasteiger partial charge in [0.1, 0.15) is 0 Å². The minimum atomic E-state index is -2.91. The molecule has 1 aromatic carbocycles. The Balaban J connectivity index is 1.56. The zero-order valence-electron chi connectivity index (χ0n) is 12.9. The van der Waals surface area contributed by atoms with Gasteiger partial charge in [0.25, 0.3) is 0 Å². The van der Waals surface area contributed by atoms with Gasteiger partial charge in [-0.1, -0.05) is 12.1 Å². The van der Waals surface area contributed by atoms with E-state index in [9.17, 15) is 8.42 Å². The fourth-order valence-electron chi connectivity index (χ4n) is 3.37. The molecule has 0 bridgehead atoms. The van der Waals surface area contributed by atoms with Crippen molar-refractivity contribution in [1.29, 1.82) is 0 Å². The van der Waals surface area contributed by atoms with Gasteiger partial charge in [-0.15, -0.1) is 11.8 Å². The molecule has 2 unspecified atom stereocenters. The lowest BCUT2D eigenvalue weighted by atomic mass is 9.90. The lowest BCUT2D eigenvalue weighted by molar-refractivity contribution is -0.0705. The van der Waals surface area contributed by atoms with Crippen molar-refractivity contribution in [2.24, 2.45) is 0 Å². The van der Waals surface area contributed by atoms with Crippen molar-refractivity contribution in [2.45, 2.75) is 42.3 Å². The van der Waals surface area contributed by atoms with Crippen LogP contribution in [0.2, 0.25) is 0 Å². The van der Waals surface area contributed by atoms with Crippen molar-refractivity contribution in [3.05, 3.63) is 29.8 Å². The van der Waals surface area contributed by atoms with Crippen molar-refractivity contribution in [1.82, 2.24) is 5.32 Å². The zero-order valence-corrected chi connectivity index (χ0v) is 14.5. The number of sulfone groups is 1. The average Bonchev–Trinajstić information content (AvgIpc) is 2.80. The highest BCUT2D eigenvalue weighted by atomic mass is 32.2. The van der Waals surface area contributed by atoms with E-state index in [1.807, 2.05) is 0 Å². The summed E-state index contributed by atoms with van der Waals surface area (Å²) in [7, 11) is -2.91. The second-order valence-electron chi connectivity index (χ2n) is 6.29. The number of rotatable bonds is 4. The third-order valence-electron chi connectivity index (χ3n) is 4.60. The molecule has 0 aliphatic carbocycles. The Morgan fingerprint density at radius 2 is 2.14 bits per heavy atom. The normalized spacial score (nSPS) is 30.7. The van der Waals surface area contributed by atoms with Crippen molar-refractivity contribution in [2.75, 3.05) is 24.4 Å². The van der Waals surface area contributed by atoms with Gasteiger partial charge in [-0.2, -0.15) is 0 Å². The van der Waals surface area contributed by atoms with Crippen LogP contribution in [-0.2, 0) is 21.1 Å². The van der Waals surface area contributed by atoms with Crippen molar-refractivity contribution < 1.29 is 13.2 Å². The second-order valence-corrected chi connectivity index (χ2v) is 9.36. The summed E-state index contributed by atoms with van der Waals surface area (Å²) >= 11 is 1.74. The van der Waals surface area contributed by atoms with Crippen LogP contribution < -0.4 is 5.32 Å². The molecular formula is C16H23NO3S2. The van der Waals surface area contributed by atoms with E-state index >= 15 is 0 Å². The first kappa shape index (κ1) is 16.3. The van der Waals surface area contributed by atoms with E-state index in [1.54, 1.807) is 11.8 Å². The molecule has 2 aliphatic heterocycles. The van der Waals surface area contributed by atoms with Gasteiger partial charge < -0.3 is 10.1 Å². The fraction of sp³-hybridized carbons (Fsp3) is 0.625. The Hall–Kier alpha value is -0.560.